The van der Waals surface area contributed by atoms with Gasteiger partial charge in [0.2, 0.25) is 0 Å². The molecule has 0 saturated heterocycles. The number of hydrogen-bond acceptors (Lipinski definition) is 3. The van der Waals surface area contributed by atoms with Gasteiger partial charge in [-0.25, -0.2) is 0 Å². The Morgan fingerprint density at radius 3 is 2.60 bits per heavy atom. The summed E-state index contributed by atoms with van der Waals surface area (Å²) in [7, 11) is -4.11. The third kappa shape index (κ3) is 1.80. The number of benzene rings is 1. The average molecular weight is 226 g/mol. The SMILES string of the molecule is O=C1CCC(S(=O)(=O)O)c2ccccc21. The van der Waals surface area contributed by atoms with E-state index in [-0.39, 0.29) is 18.6 Å². The van der Waals surface area contributed by atoms with Gasteiger partial charge in [0.05, 0.1) is 0 Å². The van der Waals surface area contributed by atoms with Crippen molar-refractivity contribution in [1.82, 2.24) is 0 Å². The summed E-state index contributed by atoms with van der Waals surface area (Å²) in [6.45, 7) is 0. The number of fused-ring (bicyclic) bond motifs is 1. The molecule has 1 aliphatic carbocycles. The van der Waals surface area contributed by atoms with Crippen LogP contribution in [0.1, 0.15) is 34.0 Å². The highest BCUT2D eigenvalue weighted by Crippen LogP contribution is 2.34. The fourth-order valence-corrected chi connectivity index (χ4v) is 2.84. The van der Waals surface area contributed by atoms with Gasteiger partial charge in [-0.15, -0.1) is 0 Å². The quantitative estimate of drug-likeness (QED) is 0.738. The first kappa shape index (κ1) is 10.3. The Kier molecular flexibility index (Phi) is 2.36. The predicted molar refractivity (Wildman–Crippen MR) is 54.3 cm³/mol. The van der Waals surface area contributed by atoms with E-state index in [1.54, 1.807) is 24.3 Å². The van der Waals surface area contributed by atoms with E-state index >= 15 is 0 Å². The average Bonchev–Trinajstić information content (AvgIpc) is 2.17. The number of rotatable bonds is 1. The van der Waals surface area contributed by atoms with Gasteiger partial charge in [0.25, 0.3) is 10.1 Å². The molecule has 0 radical (unpaired) electrons. The highest BCUT2D eigenvalue weighted by Gasteiger charge is 2.33. The zero-order valence-corrected chi connectivity index (χ0v) is 8.70. The summed E-state index contributed by atoms with van der Waals surface area (Å²) in [5, 5.41) is -0.952. The predicted octanol–water partition coefficient (Wildman–Crippen LogP) is 1.59. The first-order valence-corrected chi connectivity index (χ1v) is 6.09. The summed E-state index contributed by atoms with van der Waals surface area (Å²) in [5.74, 6) is -0.0644. The van der Waals surface area contributed by atoms with E-state index in [1.165, 1.54) is 0 Å². The van der Waals surface area contributed by atoms with Crippen LogP contribution in [0, 0.1) is 0 Å². The van der Waals surface area contributed by atoms with Gasteiger partial charge in [0, 0.05) is 12.0 Å². The van der Waals surface area contributed by atoms with Gasteiger partial charge in [-0.05, 0) is 12.0 Å². The van der Waals surface area contributed by atoms with Crippen LogP contribution in [0.2, 0.25) is 0 Å². The van der Waals surface area contributed by atoms with Crippen molar-refractivity contribution < 1.29 is 17.8 Å². The zero-order valence-electron chi connectivity index (χ0n) is 7.88. The Morgan fingerprint density at radius 1 is 1.27 bits per heavy atom. The van der Waals surface area contributed by atoms with E-state index in [9.17, 15) is 13.2 Å². The molecule has 0 heterocycles. The van der Waals surface area contributed by atoms with Gasteiger partial charge >= 0.3 is 0 Å². The Hall–Kier alpha value is -1.20. The summed E-state index contributed by atoms with van der Waals surface area (Å²) in [6, 6.07) is 6.51. The smallest absolute Gasteiger partial charge is 0.272 e. The topological polar surface area (TPSA) is 71.4 Å². The molecule has 1 aliphatic rings. The first-order valence-electron chi connectivity index (χ1n) is 4.58. The molecule has 0 fully saturated rings. The molecular formula is C10H10O4S. The van der Waals surface area contributed by atoms with Gasteiger partial charge < -0.3 is 0 Å². The molecule has 0 bridgehead atoms. The molecular weight excluding hydrogens is 216 g/mol. The van der Waals surface area contributed by atoms with E-state index in [0.29, 0.717) is 11.1 Å². The minimum atomic E-state index is -4.11. The van der Waals surface area contributed by atoms with Crippen LogP contribution in [0.15, 0.2) is 24.3 Å². The summed E-state index contributed by atoms with van der Waals surface area (Å²) in [4.78, 5) is 11.5. The Morgan fingerprint density at radius 2 is 1.93 bits per heavy atom. The Bertz CT molecular complexity index is 504. The molecule has 1 aromatic rings. The van der Waals surface area contributed by atoms with Crippen LogP contribution in [0.25, 0.3) is 0 Å². The molecule has 1 N–H and O–H groups in total. The lowest BCUT2D eigenvalue weighted by Crippen LogP contribution is -2.21. The van der Waals surface area contributed by atoms with Crippen molar-refractivity contribution in [3.8, 4) is 0 Å². The van der Waals surface area contributed by atoms with Crippen molar-refractivity contribution in [2.45, 2.75) is 18.1 Å². The highest BCUT2D eigenvalue weighted by molar-refractivity contribution is 7.86. The van der Waals surface area contributed by atoms with Crippen LogP contribution in [0.5, 0.6) is 0 Å². The third-order valence-electron chi connectivity index (χ3n) is 2.60. The Balaban J connectivity index is 2.59. The molecule has 5 heteroatoms. The second-order valence-electron chi connectivity index (χ2n) is 3.55. The van der Waals surface area contributed by atoms with E-state index in [0.717, 1.165) is 0 Å². The number of Topliss-reactive ketones (excluding diaryl/α,β-unsaturated/α-hetero) is 1. The van der Waals surface area contributed by atoms with E-state index in [4.69, 9.17) is 4.55 Å². The number of hydrogen-bond donors (Lipinski definition) is 1. The van der Waals surface area contributed by atoms with Gasteiger partial charge in [0.1, 0.15) is 5.25 Å². The van der Waals surface area contributed by atoms with Crippen molar-refractivity contribution in [2.75, 3.05) is 0 Å². The lowest BCUT2D eigenvalue weighted by molar-refractivity contribution is 0.0971. The van der Waals surface area contributed by atoms with Crippen molar-refractivity contribution in [2.24, 2.45) is 0 Å². The van der Waals surface area contributed by atoms with Gasteiger partial charge in [-0.3, -0.25) is 9.35 Å². The largest absolute Gasteiger partial charge is 0.294 e. The van der Waals surface area contributed by atoms with Gasteiger partial charge in [-0.1, -0.05) is 24.3 Å². The maximum atomic E-state index is 11.5. The standard InChI is InChI=1S/C10H10O4S/c11-9-5-6-10(15(12,13)14)8-4-2-1-3-7(8)9/h1-4,10H,5-6H2,(H,12,13,14). The minimum Gasteiger partial charge on any atom is -0.294 e. The van der Waals surface area contributed by atoms with E-state index < -0.39 is 15.4 Å². The second-order valence-corrected chi connectivity index (χ2v) is 5.15. The molecule has 80 valence electrons. The lowest BCUT2D eigenvalue weighted by Gasteiger charge is -2.21. The zero-order chi connectivity index (χ0) is 11.1. The van der Waals surface area contributed by atoms with Crippen LogP contribution in [-0.2, 0) is 10.1 Å². The molecule has 4 nitrogen and oxygen atoms in total. The molecule has 0 saturated carbocycles. The molecule has 1 aromatic carbocycles. The van der Waals surface area contributed by atoms with E-state index in [1.807, 2.05) is 0 Å². The maximum Gasteiger partial charge on any atom is 0.272 e. The Labute approximate surface area is 87.7 Å². The molecule has 0 aliphatic heterocycles. The summed E-state index contributed by atoms with van der Waals surface area (Å²) < 4.78 is 31.2. The van der Waals surface area contributed by atoms with Crippen LogP contribution in [0.4, 0.5) is 0 Å². The molecule has 2 rings (SSSR count). The van der Waals surface area contributed by atoms with Crippen molar-refractivity contribution >= 4 is 15.9 Å². The first-order chi connectivity index (χ1) is 7.00. The van der Waals surface area contributed by atoms with Gasteiger partial charge in [-0.2, -0.15) is 8.42 Å². The van der Waals surface area contributed by atoms with Crippen LogP contribution < -0.4 is 0 Å². The molecule has 1 unspecified atom stereocenters. The third-order valence-corrected chi connectivity index (χ3v) is 3.81. The van der Waals surface area contributed by atoms with Crippen LogP contribution in [-0.4, -0.2) is 18.8 Å². The van der Waals surface area contributed by atoms with Crippen molar-refractivity contribution in [3.05, 3.63) is 35.4 Å². The second kappa shape index (κ2) is 3.43. The normalized spacial score (nSPS) is 21.1. The molecule has 0 aromatic heterocycles. The fourth-order valence-electron chi connectivity index (χ4n) is 1.89. The number of ketones is 1. The molecule has 15 heavy (non-hydrogen) atoms. The van der Waals surface area contributed by atoms with Gasteiger partial charge in [0.15, 0.2) is 5.78 Å². The fraction of sp³-hybridized carbons (Fsp3) is 0.300. The summed E-state index contributed by atoms with van der Waals surface area (Å²) in [5.41, 5.74) is 0.822. The summed E-state index contributed by atoms with van der Waals surface area (Å²) >= 11 is 0. The van der Waals surface area contributed by atoms with Crippen LogP contribution in [0.3, 0.4) is 0 Å². The van der Waals surface area contributed by atoms with Crippen molar-refractivity contribution in [3.63, 3.8) is 0 Å². The molecule has 0 amide bonds. The molecule has 0 spiro atoms. The minimum absolute atomic E-state index is 0.0644. The van der Waals surface area contributed by atoms with Crippen molar-refractivity contribution in [1.29, 1.82) is 0 Å². The molecule has 1 atom stereocenters. The summed E-state index contributed by atoms with van der Waals surface area (Å²) in [6.07, 6.45) is 0.330. The highest BCUT2D eigenvalue weighted by atomic mass is 32.2. The monoisotopic (exact) mass is 226 g/mol. The van der Waals surface area contributed by atoms with E-state index in [2.05, 4.69) is 0 Å². The maximum absolute atomic E-state index is 11.5. The lowest BCUT2D eigenvalue weighted by atomic mass is 9.90. The van der Waals surface area contributed by atoms with Crippen LogP contribution >= 0.6 is 0 Å². The number of carbonyl (C=O) groups is 1. The number of carbonyl (C=O) groups excluding carboxylic acids is 1.